The van der Waals surface area contributed by atoms with Crippen molar-refractivity contribution in [1.29, 1.82) is 0 Å². The summed E-state index contributed by atoms with van der Waals surface area (Å²) in [5.74, 6) is 1.11. The minimum absolute atomic E-state index is 0.111. The molecule has 20 heavy (non-hydrogen) atoms. The maximum Gasteiger partial charge on any atom is 0.148 e. The summed E-state index contributed by atoms with van der Waals surface area (Å²) in [6.07, 6.45) is 1.67. The molecule has 2 aromatic rings. The Morgan fingerprint density at radius 2 is 2.25 bits per heavy atom. The second-order valence-corrected chi connectivity index (χ2v) is 7.19. The molecule has 2 heterocycles. The summed E-state index contributed by atoms with van der Waals surface area (Å²) < 4.78 is 4.28. The molecule has 0 aliphatic heterocycles. The van der Waals surface area contributed by atoms with Crippen LogP contribution in [0.4, 0.5) is 10.8 Å². The Morgan fingerprint density at radius 3 is 2.85 bits per heavy atom. The van der Waals surface area contributed by atoms with Crippen LogP contribution in [-0.4, -0.2) is 34.2 Å². The Balaban J connectivity index is 1.83. The number of nitrogens with two attached hydrogens (primary N) is 1. The van der Waals surface area contributed by atoms with E-state index in [1.165, 1.54) is 11.5 Å². The number of nitrogens with zero attached hydrogens (tertiary/aromatic N) is 3. The smallest absolute Gasteiger partial charge is 0.148 e. The average molecular weight is 310 g/mol. The normalized spacial score (nSPS) is 21.8. The van der Waals surface area contributed by atoms with Gasteiger partial charge in [0.05, 0.1) is 22.4 Å². The van der Waals surface area contributed by atoms with Crippen molar-refractivity contribution >= 4 is 33.7 Å². The van der Waals surface area contributed by atoms with Crippen LogP contribution < -0.4 is 10.6 Å². The van der Waals surface area contributed by atoms with Gasteiger partial charge >= 0.3 is 0 Å². The SMILES string of the molecule is Cc1nc(-c2c(N)nsc2N(C)CC2CC(O)C2)cs1. The molecule has 0 bridgehead atoms. The van der Waals surface area contributed by atoms with Crippen LogP contribution in [0.1, 0.15) is 17.8 Å². The van der Waals surface area contributed by atoms with Gasteiger partial charge in [0.2, 0.25) is 0 Å². The molecule has 0 unspecified atom stereocenters. The monoisotopic (exact) mass is 310 g/mol. The molecule has 3 rings (SSSR count). The van der Waals surface area contributed by atoms with Crippen molar-refractivity contribution in [3.05, 3.63) is 10.4 Å². The summed E-state index contributed by atoms with van der Waals surface area (Å²) in [4.78, 5) is 6.71. The van der Waals surface area contributed by atoms with Gasteiger partial charge in [-0.3, -0.25) is 0 Å². The first-order chi connectivity index (χ1) is 9.54. The van der Waals surface area contributed by atoms with E-state index in [0.29, 0.717) is 11.7 Å². The molecule has 0 saturated heterocycles. The number of aliphatic hydroxyl groups excluding tert-OH is 1. The fourth-order valence-electron chi connectivity index (χ4n) is 2.59. The van der Waals surface area contributed by atoms with E-state index in [0.717, 1.165) is 40.7 Å². The van der Waals surface area contributed by atoms with Crippen molar-refractivity contribution < 1.29 is 5.11 Å². The molecule has 1 fully saturated rings. The lowest BCUT2D eigenvalue weighted by Crippen LogP contribution is -2.37. The van der Waals surface area contributed by atoms with E-state index in [1.54, 1.807) is 11.3 Å². The highest BCUT2D eigenvalue weighted by atomic mass is 32.1. The second-order valence-electron chi connectivity index (χ2n) is 5.37. The van der Waals surface area contributed by atoms with E-state index in [1.807, 2.05) is 12.3 Å². The van der Waals surface area contributed by atoms with E-state index < -0.39 is 0 Å². The van der Waals surface area contributed by atoms with E-state index in [-0.39, 0.29) is 6.10 Å². The summed E-state index contributed by atoms with van der Waals surface area (Å²) in [5, 5.41) is 13.5. The number of thiazole rings is 1. The van der Waals surface area contributed by atoms with Gasteiger partial charge in [-0.2, -0.15) is 4.37 Å². The molecule has 3 N–H and O–H groups in total. The summed E-state index contributed by atoms with van der Waals surface area (Å²) in [7, 11) is 2.06. The average Bonchev–Trinajstić information content (AvgIpc) is 2.93. The van der Waals surface area contributed by atoms with Crippen molar-refractivity contribution in [2.24, 2.45) is 5.92 Å². The first kappa shape index (κ1) is 13.8. The van der Waals surface area contributed by atoms with Crippen molar-refractivity contribution in [2.75, 3.05) is 24.2 Å². The summed E-state index contributed by atoms with van der Waals surface area (Å²) in [5.41, 5.74) is 7.87. The number of aliphatic hydroxyl groups is 1. The highest BCUT2D eigenvalue weighted by molar-refractivity contribution is 7.11. The molecular weight excluding hydrogens is 292 g/mol. The van der Waals surface area contributed by atoms with Crippen LogP contribution in [0.2, 0.25) is 0 Å². The molecule has 0 aromatic carbocycles. The summed E-state index contributed by atoms with van der Waals surface area (Å²) in [6, 6.07) is 0. The van der Waals surface area contributed by atoms with Gasteiger partial charge < -0.3 is 15.7 Å². The number of hydrogen-bond acceptors (Lipinski definition) is 7. The van der Waals surface area contributed by atoms with Crippen molar-refractivity contribution in [2.45, 2.75) is 25.9 Å². The van der Waals surface area contributed by atoms with Gasteiger partial charge in [-0.25, -0.2) is 4.98 Å². The molecule has 1 aliphatic rings. The van der Waals surface area contributed by atoms with Gasteiger partial charge in [0, 0.05) is 19.0 Å². The van der Waals surface area contributed by atoms with E-state index in [2.05, 4.69) is 21.3 Å². The van der Waals surface area contributed by atoms with Crippen LogP contribution in [0, 0.1) is 12.8 Å². The van der Waals surface area contributed by atoms with Crippen LogP contribution in [0.3, 0.4) is 0 Å². The maximum atomic E-state index is 9.38. The molecule has 7 heteroatoms. The molecule has 0 radical (unpaired) electrons. The zero-order valence-corrected chi connectivity index (χ0v) is 13.2. The first-order valence-corrected chi connectivity index (χ1v) is 8.26. The quantitative estimate of drug-likeness (QED) is 0.907. The number of anilines is 2. The second kappa shape index (κ2) is 5.31. The molecule has 0 atom stereocenters. The number of aryl methyl sites for hydroxylation is 1. The lowest BCUT2D eigenvalue weighted by Gasteiger charge is -2.34. The van der Waals surface area contributed by atoms with Crippen LogP contribution in [0.5, 0.6) is 0 Å². The summed E-state index contributed by atoms with van der Waals surface area (Å²) >= 11 is 3.04. The topological polar surface area (TPSA) is 75.3 Å². The van der Waals surface area contributed by atoms with Gasteiger partial charge in [-0.15, -0.1) is 11.3 Å². The largest absolute Gasteiger partial charge is 0.393 e. The first-order valence-electron chi connectivity index (χ1n) is 6.61. The van der Waals surface area contributed by atoms with Gasteiger partial charge in [-0.05, 0) is 37.2 Å². The van der Waals surface area contributed by atoms with Crippen molar-refractivity contribution in [3.8, 4) is 11.3 Å². The third kappa shape index (κ3) is 2.53. The zero-order chi connectivity index (χ0) is 14.3. The van der Waals surface area contributed by atoms with Crippen molar-refractivity contribution in [3.63, 3.8) is 0 Å². The van der Waals surface area contributed by atoms with E-state index >= 15 is 0 Å². The number of rotatable bonds is 4. The highest BCUT2D eigenvalue weighted by Crippen LogP contribution is 2.40. The fraction of sp³-hybridized carbons (Fsp3) is 0.538. The standard InChI is InChI=1S/C13H18N4OS2/c1-7-15-10(6-19-7)11-12(14)16-20-13(11)17(2)5-8-3-9(18)4-8/h6,8-9,18H,3-5H2,1-2H3,(H2,14,16). The maximum absolute atomic E-state index is 9.38. The van der Waals surface area contributed by atoms with Crippen LogP contribution >= 0.6 is 22.9 Å². The van der Waals surface area contributed by atoms with Gasteiger partial charge in [-0.1, -0.05) is 0 Å². The van der Waals surface area contributed by atoms with Gasteiger partial charge in [0.1, 0.15) is 10.8 Å². The third-order valence-electron chi connectivity index (χ3n) is 3.67. The number of hydrogen-bond donors (Lipinski definition) is 2. The Labute approximate surface area is 126 Å². The summed E-state index contributed by atoms with van der Waals surface area (Å²) in [6.45, 7) is 2.91. The van der Waals surface area contributed by atoms with Crippen LogP contribution in [0.15, 0.2) is 5.38 Å². The predicted octanol–water partition coefficient (Wildman–Crippen LogP) is 2.36. The highest BCUT2D eigenvalue weighted by Gasteiger charge is 2.29. The fourth-order valence-corrected chi connectivity index (χ4v) is 3.99. The number of aromatic nitrogens is 2. The lowest BCUT2D eigenvalue weighted by molar-refractivity contribution is 0.0465. The molecular formula is C13H18N4OS2. The van der Waals surface area contributed by atoms with Gasteiger partial charge in [0.25, 0.3) is 0 Å². The molecule has 0 amide bonds. The molecule has 5 nitrogen and oxygen atoms in total. The Kier molecular flexibility index (Phi) is 3.66. The molecule has 1 saturated carbocycles. The van der Waals surface area contributed by atoms with E-state index in [4.69, 9.17) is 5.73 Å². The third-order valence-corrected chi connectivity index (χ3v) is 5.42. The Bertz CT molecular complexity index is 603. The van der Waals surface area contributed by atoms with Crippen molar-refractivity contribution in [1.82, 2.24) is 9.36 Å². The zero-order valence-electron chi connectivity index (χ0n) is 11.5. The predicted molar refractivity (Wildman–Crippen MR) is 84.4 cm³/mol. The van der Waals surface area contributed by atoms with Crippen LogP contribution in [0.25, 0.3) is 11.3 Å². The van der Waals surface area contributed by atoms with Crippen LogP contribution in [-0.2, 0) is 0 Å². The Morgan fingerprint density at radius 1 is 1.50 bits per heavy atom. The molecule has 1 aliphatic carbocycles. The van der Waals surface area contributed by atoms with Gasteiger partial charge in [0.15, 0.2) is 0 Å². The molecule has 108 valence electrons. The lowest BCUT2D eigenvalue weighted by atomic mass is 9.82. The molecule has 2 aromatic heterocycles. The number of nitrogen functional groups attached to an aromatic ring is 1. The Hall–Kier alpha value is -1.18. The minimum atomic E-state index is -0.111. The van der Waals surface area contributed by atoms with E-state index in [9.17, 15) is 5.11 Å². The molecule has 0 spiro atoms. The minimum Gasteiger partial charge on any atom is -0.393 e.